The highest BCUT2D eigenvalue weighted by Gasteiger charge is 2.36. The van der Waals surface area contributed by atoms with Crippen molar-refractivity contribution in [3.05, 3.63) is 0 Å². The number of nitrogens with zero attached hydrogens (tertiary/aromatic N) is 1. The predicted molar refractivity (Wildman–Crippen MR) is 140 cm³/mol. The van der Waals surface area contributed by atoms with E-state index >= 15 is 0 Å². The van der Waals surface area contributed by atoms with Crippen LogP contribution in [-0.4, -0.2) is 53.7 Å². The van der Waals surface area contributed by atoms with E-state index in [9.17, 15) is 9.59 Å². The molecule has 33 heavy (non-hydrogen) atoms. The third-order valence-corrected chi connectivity index (χ3v) is 4.11. The van der Waals surface area contributed by atoms with Crippen LogP contribution in [0, 0.1) is 17.8 Å². The summed E-state index contributed by atoms with van der Waals surface area (Å²) in [5.41, 5.74) is -0.532. The topological polar surface area (TPSA) is 95.9 Å². The van der Waals surface area contributed by atoms with Crippen molar-refractivity contribution in [2.75, 3.05) is 19.6 Å². The molecule has 2 aliphatic rings. The third-order valence-electron chi connectivity index (χ3n) is 4.11. The number of rotatable bonds is 2. The smallest absolute Gasteiger partial charge is 0.408 e. The highest BCUT2D eigenvalue weighted by Crippen LogP contribution is 2.35. The van der Waals surface area contributed by atoms with Gasteiger partial charge < -0.3 is 20.1 Å². The molecule has 2 unspecified atom stereocenters. The van der Waals surface area contributed by atoms with Gasteiger partial charge in [-0.3, -0.25) is 9.59 Å². The minimum Gasteiger partial charge on any atom is -0.483 e. The van der Waals surface area contributed by atoms with Gasteiger partial charge in [0.1, 0.15) is 12.1 Å². The van der Waals surface area contributed by atoms with Crippen molar-refractivity contribution < 1.29 is 24.2 Å². The van der Waals surface area contributed by atoms with Gasteiger partial charge in [0.15, 0.2) is 0 Å². The number of amides is 2. The zero-order valence-corrected chi connectivity index (χ0v) is 23.8. The van der Waals surface area contributed by atoms with Crippen LogP contribution in [-0.2, 0) is 14.3 Å². The van der Waals surface area contributed by atoms with Crippen LogP contribution >= 0.6 is 0 Å². The van der Waals surface area contributed by atoms with E-state index in [1.165, 1.54) is 25.7 Å². The SMILES string of the molecule is CC.CC.CC.CC(C)(C)OC(=O)NCC(=O)N1CC2CCCCC2C1.CC(C)C.O=CO. The van der Waals surface area contributed by atoms with Crippen molar-refractivity contribution in [2.45, 2.75) is 114 Å². The number of likely N-dealkylation sites (tertiary alicyclic amines) is 1. The van der Waals surface area contributed by atoms with Gasteiger partial charge in [-0.05, 0) is 51.4 Å². The summed E-state index contributed by atoms with van der Waals surface area (Å²) in [5, 5.41) is 9.43. The van der Waals surface area contributed by atoms with Crippen molar-refractivity contribution in [3.8, 4) is 0 Å². The molecule has 7 nitrogen and oxygen atoms in total. The molecule has 2 atom stereocenters. The van der Waals surface area contributed by atoms with Gasteiger partial charge in [-0.25, -0.2) is 4.79 Å². The molecule has 200 valence electrons. The van der Waals surface area contributed by atoms with Crippen LogP contribution in [0.25, 0.3) is 0 Å². The number of carbonyl (C=O) groups is 3. The summed E-state index contributed by atoms with van der Waals surface area (Å²) in [6.45, 7) is 25.4. The maximum Gasteiger partial charge on any atom is 0.408 e. The van der Waals surface area contributed by atoms with E-state index in [1.54, 1.807) is 20.8 Å². The Kier molecular flexibility index (Phi) is 29.0. The molecule has 1 aliphatic carbocycles. The van der Waals surface area contributed by atoms with Crippen LogP contribution < -0.4 is 5.32 Å². The second-order valence-electron chi connectivity index (χ2n) is 8.80. The Labute approximate surface area is 205 Å². The molecule has 1 saturated heterocycles. The second kappa shape index (κ2) is 24.8. The van der Waals surface area contributed by atoms with E-state index in [1.807, 2.05) is 46.4 Å². The number of alkyl carbamates (subject to hydrolysis) is 1. The Morgan fingerprint density at radius 2 is 1.30 bits per heavy atom. The minimum absolute atomic E-state index is 0.00487. The molecule has 0 aromatic carbocycles. The standard InChI is InChI=1S/C15H26N2O3.C4H10.3C2H6.CH2O2/c1-15(2,3)20-14(19)16-8-13(18)17-9-11-6-4-5-7-12(11)10-17;1-4(2)3;3*1-2;2-1-3/h11-12H,4-10H2,1-3H3,(H,16,19);4H,1-3H3;3*1-2H3;1H,(H,2,3). The van der Waals surface area contributed by atoms with Crippen LogP contribution in [0.1, 0.15) is 109 Å². The van der Waals surface area contributed by atoms with Gasteiger partial charge in [0.05, 0.1) is 0 Å². The molecule has 0 radical (unpaired) electrons. The Morgan fingerprint density at radius 1 is 0.970 bits per heavy atom. The van der Waals surface area contributed by atoms with Gasteiger partial charge in [0, 0.05) is 13.1 Å². The van der Waals surface area contributed by atoms with Gasteiger partial charge in [0.25, 0.3) is 6.47 Å². The lowest BCUT2D eigenvalue weighted by molar-refractivity contribution is -0.129. The maximum atomic E-state index is 12.1. The second-order valence-corrected chi connectivity index (χ2v) is 8.80. The molecule has 2 N–H and O–H groups in total. The van der Waals surface area contributed by atoms with Crippen molar-refractivity contribution >= 4 is 18.5 Å². The lowest BCUT2D eigenvalue weighted by Crippen LogP contribution is -2.41. The van der Waals surface area contributed by atoms with Gasteiger partial charge in [-0.2, -0.15) is 0 Å². The quantitative estimate of drug-likeness (QED) is 0.438. The van der Waals surface area contributed by atoms with Crippen LogP contribution in [0.2, 0.25) is 0 Å². The normalized spacial score (nSPS) is 17.8. The highest BCUT2D eigenvalue weighted by atomic mass is 16.6. The summed E-state index contributed by atoms with van der Waals surface area (Å²) in [6, 6.07) is 0. The fourth-order valence-corrected chi connectivity index (χ4v) is 3.18. The summed E-state index contributed by atoms with van der Waals surface area (Å²) in [5.74, 6) is 2.19. The number of nitrogens with one attached hydrogen (secondary N) is 1. The van der Waals surface area contributed by atoms with E-state index in [4.69, 9.17) is 14.6 Å². The van der Waals surface area contributed by atoms with Crippen molar-refractivity contribution in [2.24, 2.45) is 17.8 Å². The Bertz CT molecular complexity index is 445. The van der Waals surface area contributed by atoms with Crippen LogP contribution in [0.5, 0.6) is 0 Å². The zero-order valence-electron chi connectivity index (χ0n) is 23.8. The Hall–Kier alpha value is -1.79. The van der Waals surface area contributed by atoms with E-state index in [0.717, 1.165) is 19.0 Å². The lowest BCUT2D eigenvalue weighted by Gasteiger charge is -2.22. The maximum absolute atomic E-state index is 12.1. The van der Waals surface area contributed by atoms with E-state index in [0.29, 0.717) is 11.8 Å². The summed E-state index contributed by atoms with van der Waals surface area (Å²) < 4.78 is 5.12. The molecule has 7 heteroatoms. The molecule has 1 heterocycles. The molecule has 0 bridgehead atoms. The molecular weight excluding hydrogens is 420 g/mol. The van der Waals surface area contributed by atoms with Crippen molar-refractivity contribution in [1.82, 2.24) is 10.2 Å². The van der Waals surface area contributed by atoms with E-state index in [-0.39, 0.29) is 18.9 Å². The van der Waals surface area contributed by atoms with Gasteiger partial charge in [-0.1, -0.05) is 75.2 Å². The molecule has 2 fully saturated rings. The number of hydrogen-bond donors (Lipinski definition) is 2. The first-order valence-corrected chi connectivity index (χ1v) is 12.8. The van der Waals surface area contributed by atoms with E-state index < -0.39 is 11.7 Å². The monoisotopic (exact) mass is 476 g/mol. The van der Waals surface area contributed by atoms with Gasteiger partial charge in [-0.15, -0.1) is 0 Å². The lowest BCUT2D eigenvalue weighted by atomic mass is 9.82. The van der Waals surface area contributed by atoms with E-state index in [2.05, 4.69) is 26.1 Å². The van der Waals surface area contributed by atoms with Crippen molar-refractivity contribution in [3.63, 3.8) is 0 Å². The first-order chi connectivity index (χ1) is 15.5. The summed E-state index contributed by atoms with van der Waals surface area (Å²) in [4.78, 5) is 33.9. The largest absolute Gasteiger partial charge is 0.483 e. The number of carbonyl (C=O) groups excluding carboxylic acids is 2. The first kappa shape index (κ1) is 38.5. The number of fused-ring (bicyclic) bond motifs is 1. The molecule has 1 saturated carbocycles. The summed E-state index contributed by atoms with van der Waals surface area (Å²) in [7, 11) is 0. The third kappa shape index (κ3) is 24.7. The molecule has 0 aromatic heterocycles. The first-order valence-electron chi connectivity index (χ1n) is 12.8. The molecule has 0 spiro atoms. The predicted octanol–water partition coefficient (Wildman–Crippen LogP) is 6.60. The summed E-state index contributed by atoms with van der Waals surface area (Å²) >= 11 is 0. The molecule has 0 aromatic rings. The Balaban J connectivity index is -0.000000273. The zero-order chi connectivity index (χ0) is 27.0. The number of hydrogen-bond acceptors (Lipinski definition) is 4. The molecular formula is C26H56N2O5. The highest BCUT2D eigenvalue weighted by molar-refractivity contribution is 5.82. The summed E-state index contributed by atoms with van der Waals surface area (Å²) in [6.07, 6.45) is 4.54. The molecule has 2 amide bonds. The minimum atomic E-state index is -0.532. The fourth-order valence-electron chi connectivity index (χ4n) is 3.18. The number of ether oxygens (including phenoxy) is 1. The molecule has 1 aliphatic heterocycles. The van der Waals surface area contributed by atoms with Gasteiger partial charge >= 0.3 is 6.09 Å². The van der Waals surface area contributed by atoms with Crippen LogP contribution in [0.3, 0.4) is 0 Å². The Morgan fingerprint density at radius 3 is 1.61 bits per heavy atom. The van der Waals surface area contributed by atoms with Crippen molar-refractivity contribution in [1.29, 1.82) is 0 Å². The van der Waals surface area contributed by atoms with Crippen LogP contribution in [0.4, 0.5) is 4.79 Å². The molecule has 2 rings (SSSR count). The number of carboxylic acid groups (broad SMARTS) is 1. The van der Waals surface area contributed by atoms with Gasteiger partial charge in [0.2, 0.25) is 5.91 Å². The average Bonchev–Trinajstić information content (AvgIpc) is 3.20. The average molecular weight is 477 g/mol. The van der Waals surface area contributed by atoms with Crippen LogP contribution in [0.15, 0.2) is 0 Å². The fraction of sp³-hybridized carbons (Fsp3) is 0.885.